The van der Waals surface area contributed by atoms with Crippen molar-refractivity contribution in [2.45, 2.75) is 6.18 Å². The number of nitrogens with zero attached hydrogens (tertiary/aromatic N) is 4. The van der Waals surface area contributed by atoms with Crippen molar-refractivity contribution >= 4 is 38.5 Å². The van der Waals surface area contributed by atoms with Crippen LogP contribution in [-0.4, -0.2) is 26.6 Å². The molecule has 0 amide bonds. The van der Waals surface area contributed by atoms with Crippen LogP contribution < -0.4 is 5.32 Å². The van der Waals surface area contributed by atoms with Crippen LogP contribution in [-0.2, 0) is 13.2 Å². The van der Waals surface area contributed by atoms with Crippen LogP contribution in [0.1, 0.15) is 5.56 Å². The van der Waals surface area contributed by atoms with Gasteiger partial charge in [-0.1, -0.05) is 23.5 Å². The van der Waals surface area contributed by atoms with E-state index in [4.69, 9.17) is 0 Å². The third-order valence-electron chi connectivity index (χ3n) is 3.90. The normalized spacial score (nSPS) is 12.2. The maximum absolute atomic E-state index is 12.7. The van der Waals surface area contributed by atoms with E-state index in [0.29, 0.717) is 32.3 Å². The van der Waals surface area contributed by atoms with E-state index in [1.165, 1.54) is 23.5 Å². The zero-order valence-corrected chi connectivity index (χ0v) is 14.0. The number of aromatic nitrogens is 4. The lowest BCUT2D eigenvalue weighted by molar-refractivity contribution is -0.137. The van der Waals surface area contributed by atoms with Gasteiger partial charge >= 0.3 is 6.18 Å². The molecule has 25 heavy (non-hydrogen) atoms. The molecule has 3 heterocycles. The molecule has 0 fully saturated rings. The fraction of sp³-hybridized carbons (Fsp3) is 0.188. The maximum Gasteiger partial charge on any atom is 0.416 e. The van der Waals surface area contributed by atoms with E-state index in [1.807, 2.05) is 11.6 Å². The second kappa shape index (κ2) is 5.41. The predicted octanol–water partition coefficient (Wildman–Crippen LogP) is 4.31. The second-order valence-electron chi connectivity index (χ2n) is 5.51. The molecular formula is C16H12F3N5S. The van der Waals surface area contributed by atoms with Crippen LogP contribution >= 0.6 is 11.3 Å². The molecular weight excluding hydrogens is 351 g/mol. The Labute approximate surface area is 144 Å². The molecule has 0 aliphatic carbocycles. The van der Waals surface area contributed by atoms with Crippen LogP contribution in [0.3, 0.4) is 0 Å². The Morgan fingerprint density at radius 3 is 2.44 bits per heavy atom. The SMILES string of the molecule is CNc1nc2sc(-c3ccc(C(F)(F)F)cc3)nc2c2c1ncn2C. The van der Waals surface area contributed by atoms with Gasteiger partial charge < -0.3 is 9.88 Å². The van der Waals surface area contributed by atoms with E-state index in [-0.39, 0.29) is 0 Å². The van der Waals surface area contributed by atoms with Crippen LogP contribution in [0.4, 0.5) is 19.0 Å². The summed E-state index contributed by atoms with van der Waals surface area (Å²) in [7, 11) is 3.63. The lowest BCUT2D eigenvalue weighted by atomic mass is 10.1. The average molecular weight is 363 g/mol. The number of thiazole rings is 1. The maximum atomic E-state index is 12.7. The van der Waals surface area contributed by atoms with Crippen molar-refractivity contribution in [2.24, 2.45) is 7.05 Å². The fourth-order valence-electron chi connectivity index (χ4n) is 2.68. The Balaban J connectivity index is 1.89. The van der Waals surface area contributed by atoms with Gasteiger partial charge in [-0.05, 0) is 12.1 Å². The van der Waals surface area contributed by atoms with Crippen molar-refractivity contribution in [3.63, 3.8) is 0 Å². The number of hydrogen-bond acceptors (Lipinski definition) is 5. The molecule has 0 aliphatic rings. The third kappa shape index (κ3) is 2.51. The zero-order chi connectivity index (χ0) is 17.8. The number of hydrogen-bond donors (Lipinski definition) is 1. The Kier molecular flexibility index (Phi) is 3.43. The number of halogens is 3. The summed E-state index contributed by atoms with van der Waals surface area (Å²) in [6.07, 6.45) is -2.67. The summed E-state index contributed by atoms with van der Waals surface area (Å²) in [4.78, 5) is 14.2. The Morgan fingerprint density at radius 2 is 1.80 bits per heavy atom. The molecule has 0 saturated heterocycles. The molecule has 0 saturated carbocycles. The Morgan fingerprint density at radius 1 is 1.08 bits per heavy atom. The van der Waals surface area contributed by atoms with E-state index < -0.39 is 11.7 Å². The molecule has 0 unspecified atom stereocenters. The highest BCUT2D eigenvalue weighted by Crippen LogP contribution is 2.36. The number of imidazole rings is 1. The first-order valence-corrected chi connectivity index (χ1v) is 8.17. The number of aryl methyl sites for hydroxylation is 1. The number of anilines is 1. The monoisotopic (exact) mass is 363 g/mol. The van der Waals surface area contributed by atoms with Gasteiger partial charge in [-0.25, -0.2) is 15.0 Å². The van der Waals surface area contributed by atoms with Gasteiger partial charge in [-0.2, -0.15) is 13.2 Å². The van der Waals surface area contributed by atoms with Gasteiger partial charge in [0, 0.05) is 19.7 Å². The van der Waals surface area contributed by atoms with E-state index in [9.17, 15) is 13.2 Å². The highest BCUT2D eigenvalue weighted by molar-refractivity contribution is 7.21. The van der Waals surface area contributed by atoms with E-state index in [1.54, 1.807) is 13.4 Å². The highest BCUT2D eigenvalue weighted by Gasteiger charge is 2.30. The first-order chi connectivity index (χ1) is 11.9. The number of rotatable bonds is 2. The molecule has 4 aromatic rings. The average Bonchev–Trinajstić information content (AvgIpc) is 3.17. The lowest BCUT2D eigenvalue weighted by Crippen LogP contribution is -2.03. The first-order valence-electron chi connectivity index (χ1n) is 7.35. The lowest BCUT2D eigenvalue weighted by Gasteiger charge is -2.06. The summed E-state index contributed by atoms with van der Waals surface area (Å²) in [6, 6.07) is 4.99. The van der Waals surface area contributed by atoms with Crippen LogP contribution in [0.5, 0.6) is 0 Å². The summed E-state index contributed by atoms with van der Waals surface area (Å²) in [5, 5.41) is 3.63. The van der Waals surface area contributed by atoms with Crippen molar-refractivity contribution in [3.8, 4) is 10.6 Å². The Hall–Kier alpha value is -2.68. The molecule has 0 aliphatic heterocycles. The largest absolute Gasteiger partial charge is 0.416 e. The van der Waals surface area contributed by atoms with Gasteiger partial charge in [0.2, 0.25) is 0 Å². The highest BCUT2D eigenvalue weighted by atomic mass is 32.1. The molecule has 0 radical (unpaired) electrons. The summed E-state index contributed by atoms with van der Waals surface area (Å²) in [5.41, 5.74) is 2.18. The van der Waals surface area contributed by atoms with Crippen molar-refractivity contribution < 1.29 is 13.2 Å². The van der Waals surface area contributed by atoms with Gasteiger partial charge in [-0.3, -0.25) is 0 Å². The quantitative estimate of drug-likeness (QED) is 0.577. The molecule has 1 N–H and O–H groups in total. The molecule has 3 aromatic heterocycles. The second-order valence-corrected chi connectivity index (χ2v) is 6.49. The van der Waals surface area contributed by atoms with Crippen molar-refractivity contribution in [1.29, 1.82) is 0 Å². The minimum absolute atomic E-state index is 0.618. The number of alkyl halides is 3. The topological polar surface area (TPSA) is 55.6 Å². The minimum atomic E-state index is -4.35. The Bertz CT molecular complexity index is 1080. The molecule has 5 nitrogen and oxygen atoms in total. The summed E-state index contributed by atoms with van der Waals surface area (Å²) in [6.45, 7) is 0. The molecule has 4 rings (SSSR count). The number of fused-ring (bicyclic) bond motifs is 3. The van der Waals surface area contributed by atoms with Crippen LogP contribution in [0.15, 0.2) is 30.6 Å². The van der Waals surface area contributed by atoms with E-state index >= 15 is 0 Å². The van der Waals surface area contributed by atoms with Crippen LogP contribution in [0.2, 0.25) is 0 Å². The van der Waals surface area contributed by atoms with Crippen LogP contribution in [0, 0.1) is 0 Å². The van der Waals surface area contributed by atoms with Crippen molar-refractivity contribution in [1.82, 2.24) is 19.5 Å². The molecule has 9 heteroatoms. The summed E-state index contributed by atoms with van der Waals surface area (Å²) >= 11 is 1.34. The van der Waals surface area contributed by atoms with Gasteiger partial charge in [0.1, 0.15) is 26.4 Å². The number of pyridine rings is 1. The van der Waals surface area contributed by atoms with Crippen LogP contribution in [0.25, 0.3) is 32.0 Å². The van der Waals surface area contributed by atoms with Gasteiger partial charge in [0.25, 0.3) is 0 Å². The van der Waals surface area contributed by atoms with Gasteiger partial charge in [-0.15, -0.1) is 0 Å². The van der Waals surface area contributed by atoms with Gasteiger partial charge in [0.15, 0.2) is 5.82 Å². The number of benzene rings is 1. The standard InChI is InChI=1S/C16H12F3N5S/c1-20-13-10-12(24(2)7-21-10)11-15(23-13)25-14(22-11)8-3-5-9(6-4-8)16(17,18)19/h3-7H,1-2H3,(H,20,23). The fourth-order valence-corrected chi connectivity index (χ4v) is 3.63. The minimum Gasteiger partial charge on any atom is -0.371 e. The van der Waals surface area contributed by atoms with E-state index in [2.05, 4.69) is 20.3 Å². The van der Waals surface area contributed by atoms with E-state index in [0.717, 1.165) is 17.6 Å². The third-order valence-corrected chi connectivity index (χ3v) is 4.90. The molecule has 0 spiro atoms. The summed E-state index contributed by atoms with van der Waals surface area (Å²) < 4.78 is 40.0. The van der Waals surface area contributed by atoms with Gasteiger partial charge in [0.05, 0.1) is 11.9 Å². The van der Waals surface area contributed by atoms with Crippen molar-refractivity contribution in [3.05, 3.63) is 36.2 Å². The summed E-state index contributed by atoms with van der Waals surface area (Å²) in [5.74, 6) is 0.644. The predicted molar refractivity (Wildman–Crippen MR) is 91.7 cm³/mol. The zero-order valence-electron chi connectivity index (χ0n) is 13.2. The number of nitrogens with one attached hydrogen (secondary N) is 1. The molecule has 0 atom stereocenters. The molecule has 128 valence electrons. The molecule has 0 bridgehead atoms. The smallest absolute Gasteiger partial charge is 0.371 e. The van der Waals surface area contributed by atoms with Crippen molar-refractivity contribution in [2.75, 3.05) is 12.4 Å². The first kappa shape index (κ1) is 15.8. The molecule has 1 aromatic carbocycles.